The van der Waals surface area contributed by atoms with E-state index in [0.717, 1.165) is 12.8 Å². The quantitative estimate of drug-likeness (QED) is 0.898. The molecule has 5 heteroatoms. The van der Waals surface area contributed by atoms with Crippen molar-refractivity contribution in [3.05, 3.63) is 28.5 Å². The summed E-state index contributed by atoms with van der Waals surface area (Å²) < 4.78 is 13.6. The maximum absolute atomic E-state index is 13.2. The third-order valence-corrected chi connectivity index (χ3v) is 3.50. The van der Waals surface area contributed by atoms with E-state index in [1.807, 2.05) is 0 Å². The summed E-state index contributed by atoms with van der Waals surface area (Å²) in [6.07, 6.45) is 2.52. The molecule has 1 saturated carbocycles. The van der Waals surface area contributed by atoms with Gasteiger partial charge in [0.1, 0.15) is 5.82 Å². The second kappa shape index (κ2) is 5.14. The molecule has 1 amide bonds. The molecule has 2 rings (SSSR count). The Bertz CT molecular complexity index is 435. The average Bonchev–Trinajstić information content (AvgIpc) is 3.06. The van der Waals surface area contributed by atoms with Gasteiger partial charge in [0.25, 0.3) is 0 Å². The molecule has 1 atom stereocenters. The number of carbonyl (C=O) groups excluding carboxylic acids is 1. The minimum Gasteiger partial charge on any atom is -0.327 e. The summed E-state index contributed by atoms with van der Waals surface area (Å²) >= 11 is 3.06. The molecule has 3 N–H and O–H groups in total. The molecule has 17 heavy (non-hydrogen) atoms. The van der Waals surface area contributed by atoms with Crippen LogP contribution in [0.4, 0.5) is 10.1 Å². The van der Waals surface area contributed by atoms with E-state index >= 15 is 0 Å². The number of nitrogens with two attached hydrogens (primary N) is 1. The SMILES string of the molecule is NC(CC(=O)Nc1ccc(Br)c(F)c1)C1CC1. The van der Waals surface area contributed by atoms with Crippen molar-refractivity contribution in [2.24, 2.45) is 11.7 Å². The van der Waals surface area contributed by atoms with Gasteiger partial charge in [-0.1, -0.05) is 0 Å². The summed E-state index contributed by atoms with van der Waals surface area (Å²) in [5.74, 6) is -0.0668. The summed E-state index contributed by atoms with van der Waals surface area (Å²) in [4.78, 5) is 11.6. The van der Waals surface area contributed by atoms with Crippen LogP contribution in [0.25, 0.3) is 0 Å². The number of rotatable bonds is 4. The number of halogens is 2. The molecule has 0 aliphatic heterocycles. The maximum atomic E-state index is 13.2. The predicted octanol–water partition coefficient (Wildman–Crippen LogP) is 2.65. The molecule has 1 aliphatic carbocycles. The first kappa shape index (κ1) is 12.5. The molecule has 1 aliphatic rings. The van der Waals surface area contributed by atoms with Crippen LogP contribution in [0.5, 0.6) is 0 Å². The van der Waals surface area contributed by atoms with Crippen molar-refractivity contribution in [3.8, 4) is 0 Å². The first-order chi connectivity index (χ1) is 8.06. The zero-order valence-corrected chi connectivity index (χ0v) is 10.8. The highest BCUT2D eigenvalue weighted by molar-refractivity contribution is 9.10. The molecule has 1 unspecified atom stereocenters. The number of nitrogens with one attached hydrogen (secondary N) is 1. The fourth-order valence-electron chi connectivity index (χ4n) is 1.69. The van der Waals surface area contributed by atoms with E-state index in [4.69, 9.17) is 5.73 Å². The van der Waals surface area contributed by atoms with Gasteiger partial charge in [-0.15, -0.1) is 0 Å². The molecule has 3 nitrogen and oxygen atoms in total. The Balaban J connectivity index is 1.90. The van der Waals surface area contributed by atoms with E-state index < -0.39 is 5.82 Å². The van der Waals surface area contributed by atoms with Gasteiger partial charge in [-0.25, -0.2) is 4.39 Å². The van der Waals surface area contributed by atoms with Crippen LogP contribution in [0.1, 0.15) is 19.3 Å². The van der Waals surface area contributed by atoms with Crippen LogP contribution in [-0.4, -0.2) is 11.9 Å². The first-order valence-electron chi connectivity index (χ1n) is 5.57. The molecule has 0 heterocycles. The Hall–Kier alpha value is -0.940. The summed E-state index contributed by atoms with van der Waals surface area (Å²) in [5.41, 5.74) is 6.30. The Kier molecular flexibility index (Phi) is 3.79. The van der Waals surface area contributed by atoms with Crippen molar-refractivity contribution in [2.75, 3.05) is 5.32 Å². The molecule has 0 aromatic heterocycles. The number of amides is 1. The highest BCUT2D eigenvalue weighted by atomic mass is 79.9. The van der Waals surface area contributed by atoms with E-state index in [1.165, 1.54) is 6.07 Å². The lowest BCUT2D eigenvalue weighted by molar-refractivity contribution is -0.116. The summed E-state index contributed by atoms with van der Waals surface area (Å²) in [7, 11) is 0. The molecule has 0 bridgehead atoms. The minimum absolute atomic E-state index is 0.0738. The lowest BCUT2D eigenvalue weighted by Gasteiger charge is -2.10. The van der Waals surface area contributed by atoms with E-state index in [9.17, 15) is 9.18 Å². The molecule has 1 aromatic carbocycles. The fraction of sp³-hybridized carbons (Fsp3) is 0.417. The first-order valence-corrected chi connectivity index (χ1v) is 6.36. The lowest BCUT2D eigenvalue weighted by atomic mass is 10.1. The maximum Gasteiger partial charge on any atom is 0.225 e. The molecule has 0 spiro atoms. The number of hydrogen-bond acceptors (Lipinski definition) is 2. The Morgan fingerprint density at radius 2 is 2.29 bits per heavy atom. The normalized spacial score (nSPS) is 16.6. The van der Waals surface area contributed by atoms with E-state index in [0.29, 0.717) is 22.5 Å². The van der Waals surface area contributed by atoms with Crippen molar-refractivity contribution < 1.29 is 9.18 Å². The van der Waals surface area contributed by atoms with Crippen LogP contribution in [0, 0.1) is 11.7 Å². The number of hydrogen-bond donors (Lipinski definition) is 2. The van der Waals surface area contributed by atoms with Crippen LogP contribution in [0.3, 0.4) is 0 Å². The molecule has 92 valence electrons. The Labute approximate surface area is 108 Å². The number of carbonyl (C=O) groups is 1. The van der Waals surface area contributed by atoms with Gasteiger partial charge in [-0.2, -0.15) is 0 Å². The minimum atomic E-state index is -0.394. The largest absolute Gasteiger partial charge is 0.327 e. The van der Waals surface area contributed by atoms with Gasteiger partial charge in [-0.3, -0.25) is 4.79 Å². The van der Waals surface area contributed by atoms with Crippen LogP contribution >= 0.6 is 15.9 Å². The Morgan fingerprint density at radius 1 is 1.59 bits per heavy atom. The topological polar surface area (TPSA) is 55.1 Å². The standard InChI is InChI=1S/C12H14BrFN2O/c13-9-4-3-8(5-10(9)14)16-12(17)6-11(15)7-1-2-7/h3-5,7,11H,1-2,6,15H2,(H,16,17). The third kappa shape index (κ3) is 3.51. The van der Waals surface area contributed by atoms with Crippen LogP contribution < -0.4 is 11.1 Å². The predicted molar refractivity (Wildman–Crippen MR) is 68.0 cm³/mol. The van der Waals surface area contributed by atoms with Crippen LogP contribution in [-0.2, 0) is 4.79 Å². The monoisotopic (exact) mass is 300 g/mol. The molecule has 1 fully saturated rings. The van der Waals surface area contributed by atoms with Crippen molar-refractivity contribution in [2.45, 2.75) is 25.3 Å². The van der Waals surface area contributed by atoms with Gasteiger partial charge < -0.3 is 11.1 Å². The number of anilines is 1. The second-order valence-electron chi connectivity index (χ2n) is 4.38. The zero-order valence-electron chi connectivity index (χ0n) is 9.25. The van der Waals surface area contributed by atoms with Crippen molar-refractivity contribution >= 4 is 27.5 Å². The highest BCUT2D eigenvalue weighted by Crippen LogP contribution is 2.32. The van der Waals surface area contributed by atoms with Gasteiger partial charge in [-0.05, 0) is 52.9 Å². The van der Waals surface area contributed by atoms with Crippen LogP contribution in [0.2, 0.25) is 0 Å². The highest BCUT2D eigenvalue weighted by Gasteiger charge is 2.29. The second-order valence-corrected chi connectivity index (χ2v) is 5.24. The van der Waals surface area contributed by atoms with Crippen LogP contribution in [0.15, 0.2) is 22.7 Å². The van der Waals surface area contributed by atoms with E-state index in [-0.39, 0.29) is 11.9 Å². The molecule has 0 saturated heterocycles. The summed E-state index contributed by atoms with van der Waals surface area (Å²) in [6, 6.07) is 4.42. The third-order valence-electron chi connectivity index (χ3n) is 2.85. The van der Waals surface area contributed by atoms with Crippen molar-refractivity contribution in [1.29, 1.82) is 0 Å². The van der Waals surface area contributed by atoms with E-state index in [1.54, 1.807) is 12.1 Å². The van der Waals surface area contributed by atoms with Crippen molar-refractivity contribution in [3.63, 3.8) is 0 Å². The average molecular weight is 301 g/mol. The molecule has 1 aromatic rings. The van der Waals surface area contributed by atoms with Crippen molar-refractivity contribution in [1.82, 2.24) is 0 Å². The van der Waals surface area contributed by atoms with Gasteiger partial charge in [0.05, 0.1) is 4.47 Å². The molecular weight excluding hydrogens is 287 g/mol. The van der Waals surface area contributed by atoms with Gasteiger partial charge in [0.15, 0.2) is 0 Å². The molecule has 0 radical (unpaired) electrons. The van der Waals surface area contributed by atoms with Gasteiger partial charge in [0, 0.05) is 18.2 Å². The fourth-order valence-corrected chi connectivity index (χ4v) is 1.94. The zero-order chi connectivity index (χ0) is 12.4. The lowest BCUT2D eigenvalue weighted by Crippen LogP contribution is -2.28. The van der Waals surface area contributed by atoms with E-state index in [2.05, 4.69) is 21.2 Å². The molecular formula is C12H14BrFN2O. The van der Waals surface area contributed by atoms with Gasteiger partial charge >= 0.3 is 0 Å². The summed E-state index contributed by atoms with van der Waals surface area (Å²) in [5, 5.41) is 2.64. The summed E-state index contributed by atoms with van der Waals surface area (Å²) in [6.45, 7) is 0. The van der Waals surface area contributed by atoms with Gasteiger partial charge in [0.2, 0.25) is 5.91 Å². The number of benzene rings is 1. The Morgan fingerprint density at radius 3 is 2.88 bits per heavy atom. The smallest absolute Gasteiger partial charge is 0.225 e.